The van der Waals surface area contributed by atoms with Gasteiger partial charge in [-0.15, -0.1) is 0 Å². The van der Waals surface area contributed by atoms with Gasteiger partial charge in [0.05, 0.1) is 28.8 Å². The molecule has 0 saturated heterocycles. The fraction of sp³-hybridized carbons (Fsp3) is 0.250. The second-order valence-electron chi connectivity index (χ2n) is 4.84. The first-order valence-corrected chi connectivity index (χ1v) is 8.63. The third-order valence-corrected chi connectivity index (χ3v) is 4.70. The Kier molecular flexibility index (Phi) is 5.46. The van der Waals surface area contributed by atoms with Crippen molar-refractivity contribution in [1.29, 1.82) is 0 Å². The Morgan fingerprint density at radius 3 is 2.48 bits per heavy atom. The maximum atomic E-state index is 12.4. The average molecular weight is 334 g/mol. The summed E-state index contributed by atoms with van der Waals surface area (Å²) in [4.78, 5) is 15.8. The minimum atomic E-state index is -3.70. The number of rotatable bonds is 6. The number of pyridine rings is 1. The number of ether oxygens (including phenoxy) is 1. The molecule has 2 rings (SSSR count). The molecule has 7 heteroatoms. The van der Waals surface area contributed by atoms with E-state index in [2.05, 4.69) is 9.71 Å². The fourth-order valence-electron chi connectivity index (χ4n) is 1.98. The number of nitrogens with one attached hydrogen (secondary N) is 1. The minimum absolute atomic E-state index is 0.0772. The van der Waals surface area contributed by atoms with Crippen LogP contribution in [0.5, 0.6) is 0 Å². The molecule has 1 atom stereocenters. The third kappa shape index (κ3) is 4.37. The highest BCUT2D eigenvalue weighted by Crippen LogP contribution is 2.16. The molecule has 0 saturated carbocycles. The quantitative estimate of drug-likeness (QED) is 0.819. The van der Waals surface area contributed by atoms with E-state index in [0.717, 1.165) is 0 Å². The van der Waals surface area contributed by atoms with Crippen molar-refractivity contribution >= 4 is 16.0 Å². The first-order chi connectivity index (χ1) is 10.9. The topological polar surface area (TPSA) is 85.4 Å². The standard InChI is InChI=1S/C16H18N2O4S/c1-3-22-16(19)13-7-9-14(10-8-13)23(20,21)18-12(2)15-6-4-5-11-17-15/h4-12,18H,3H2,1-2H3/t12-/m0/s1. The molecule has 2 aromatic rings. The molecule has 0 unspecified atom stereocenters. The van der Waals surface area contributed by atoms with Crippen LogP contribution in [0.2, 0.25) is 0 Å². The zero-order valence-corrected chi connectivity index (χ0v) is 13.7. The van der Waals surface area contributed by atoms with Crippen LogP contribution >= 0.6 is 0 Å². The van der Waals surface area contributed by atoms with Crippen LogP contribution in [-0.2, 0) is 14.8 Å². The zero-order valence-electron chi connectivity index (χ0n) is 12.9. The van der Waals surface area contributed by atoms with Crippen molar-refractivity contribution < 1.29 is 17.9 Å². The van der Waals surface area contributed by atoms with Crippen molar-refractivity contribution in [3.8, 4) is 0 Å². The van der Waals surface area contributed by atoms with Crippen LogP contribution < -0.4 is 4.72 Å². The molecule has 1 heterocycles. The second-order valence-corrected chi connectivity index (χ2v) is 6.56. The summed E-state index contributed by atoms with van der Waals surface area (Å²) in [5.41, 5.74) is 0.933. The van der Waals surface area contributed by atoms with Crippen molar-refractivity contribution in [2.24, 2.45) is 0 Å². The SMILES string of the molecule is CCOC(=O)c1ccc(S(=O)(=O)N[C@@H](C)c2ccccn2)cc1. The molecule has 1 N–H and O–H groups in total. The number of sulfonamides is 1. The van der Waals surface area contributed by atoms with Crippen LogP contribution in [0.4, 0.5) is 0 Å². The van der Waals surface area contributed by atoms with E-state index >= 15 is 0 Å². The highest BCUT2D eigenvalue weighted by atomic mass is 32.2. The minimum Gasteiger partial charge on any atom is -0.462 e. The van der Waals surface area contributed by atoms with E-state index in [1.54, 1.807) is 38.2 Å². The molecule has 0 amide bonds. The van der Waals surface area contributed by atoms with Gasteiger partial charge in [0.2, 0.25) is 10.0 Å². The highest BCUT2D eigenvalue weighted by Gasteiger charge is 2.19. The average Bonchev–Trinajstić information content (AvgIpc) is 2.55. The molecule has 0 bridgehead atoms. The Morgan fingerprint density at radius 1 is 1.22 bits per heavy atom. The van der Waals surface area contributed by atoms with Gasteiger partial charge in [-0.2, -0.15) is 0 Å². The van der Waals surface area contributed by atoms with Gasteiger partial charge in [-0.05, 0) is 50.2 Å². The summed E-state index contributed by atoms with van der Waals surface area (Å²) in [6, 6.07) is 10.4. The van der Waals surface area contributed by atoms with Gasteiger partial charge in [0, 0.05) is 6.20 Å². The van der Waals surface area contributed by atoms with E-state index in [0.29, 0.717) is 11.3 Å². The molecule has 0 radical (unpaired) electrons. The third-order valence-electron chi connectivity index (χ3n) is 3.14. The van der Waals surface area contributed by atoms with Crippen LogP contribution in [0.15, 0.2) is 53.6 Å². The summed E-state index contributed by atoms with van der Waals surface area (Å²) < 4.78 is 32.2. The van der Waals surface area contributed by atoms with E-state index in [1.807, 2.05) is 0 Å². The Bertz CT molecular complexity index is 758. The van der Waals surface area contributed by atoms with Crippen molar-refractivity contribution in [1.82, 2.24) is 9.71 Å². The predicted molar refractivity (Wildman–Crippen MR) is 85.4 cm³/mol. The molecule has 122 valence electrons. The zero-order chi connectivity index (χ0) is 16.9. The van der Waals surface area contributed by atoms with Gasteiger partial charge in [0.1, 0.15) is 0 Å². The monoisotopic (exact) mass is 334 g/mol. The lowest BCUT2D eigenvalue weighted by molar-refractivity contribution is 0.0526. The van der Waals surface area contributed by atoms with Crippen LogP contribution in [0.3, 0.4) is 0 Å². The van der Waals surface area contributed by atoms with Crippen LogP contribution in [0.1, 0.15) is 35.9 Å². The van der Waals surface area contributed by atoms with Crippen molar-refractivity contribution in [2.75, 3.05) is 6.61 Å². The number of nitrogens with zero attached hydrogens (tertiary/aromatic N) is 1. The molecule has 0 aliphatic rings. The van der Waals surface area contributed by atoms with Gasteiger partial charge in [-0.1, -0.05) is 6.07 Å². The largest absolute Gasteiger partial charge is 0.462 e. The number of carbonyl (C=O) groups is 1. The molecule has 23 heavy (non-hydrogen) atoms. The maximum Gasteiger partial charge on any atom is 0.338 e. The molecular formula is C16H18N2O4S. The number of benzene rings is 1. The van der Waals surface area contributed by atoms with E-state index in [9.17, 15) is 13.2 Å². The fourth-order valence-corrected chi connectivity index (χ4v) is 3.19. The Labute approximate surface area is 135 Å². The molecule has 1 aromatic carbocycles. The number of esters is 1. The Hall–Kier alpha value is -2.25. The maximum absolute atomic E-state index is 12.4. The molecule has 0 fully saturated rings. The summed E-state index contributed by atoms with van der Waals surface area (Å²) in [7, 11) is -3.70. The van der Waals surface area contributed by atoms with Gasteiger partial charge in [-0.3, -0.25) is 4.98 Å². The molecule has 0 spiro atoms. The summed E-state index contributed by atoms with van der Waals surface area (Å²) in [6.45, 7) is 3.69. The van der Waals surface area contributed by atoms with Crippen LogP contribution in [-0.4, -0.2) is 26.0 Å². The smallest absolute Gasteiger partial charge is 0.338 e. The van der Waals surface area contributed by atoms with E-state index in [1.165, 1.54) is 24.3 Å². The van der Waals surface area contributed by atoms with Crippen LogP contribution in [0.25, 0.3) is 0 Å². The highest BCUT2D eigenvalue weighted by molar-refractivity contribution is 7.89. The molecule has 0 aliphatic carbocycles. The van der Waals surface area contributed by atoms with Gasteiger partial charge in [0.15, 0.2) is 0 Å². The van der Waals surface area contributed by atoms with Crippen LogP contribution in [0, 0.1) is 0 Å². The van der Waals surface area contributed by atoms with Crippen molar-refractivity contribution in [2.45, 2.75) is 24.8 Å². The molecule has 0 aliphatic heterocycles. The lowest BCUT2D eigenvalue weighted by atomic mass is 10.2. The van der Waals surface area contributed by atoms with Gasteiger partial charge >= 0.3 is 5.97 Å². The Morgan fingerprint density at radius 2 is 1.91 bits per heavy atom. The summed E-state index contributed by atoms with van der Waals surface area (Å²) in [5, 5.41) is 0. The number of carbonyl (C=O) groups excluding carboxylic acids is 1. The first-order valence-electron chi connectivity index (χ1n) is 7.14. The molecule has 1 aromatic heterocycles. The Balaban J connectivity index is 2.15. The lowest BCUT2D eigenvalue weighted by Gasteiger charge is -2.14. The van der Waals surface area contributed by atoms with Gasteiger partial charge in [0.25, 0.3) is 0 Å². The predicted octanol–water partition coefficient (Wildman–Crippen LogP) is 2.30. The molecular weight excluding hydrogens is 316 g/mol. The summed E-state index contributed by atoms with van der Waals surface area (Å²) in [5.74, 6) is -0.480. The van der Waals surface area contributed by atoms with Gasteiger partial charge < -0.3 is 4.74 Å². The van der Waals surface area contributed by atoms with E-state index < -0.39 is 22.0 Å². The summed E-state index contributed by atoms with van der Waals surface area (Å²) in [6.07, 6.45) is 1.61. The van der Waals surface area contributed by atoms with Crippen molar-refractivity contribution in [3.05, 3.63) is 59.9 Å². The van der Waals surface area contributed by atoms with E-state index in [-0.39, 0.29) is 11.5 Å². The number of hydrogen-bond donors (Lipinski definition) is 1. The van der Waals surface area contributed by atoms with Gasteiger partial charge in [-0.25, -0.2) is 17.9 Å². The lowest BCUT2D eigenvalue weighted by Crippen LogP contribution is -2.27. The second kappa shape index (κ2) is 7.34. The first kappa shape index (κ1) is 17.1. The summed E-state index contributed by atoms with van der Waals surface area (Å²) >= 11 is 0. The van der Waals surface area contributed by atoms with Crippen molar-refractivity contribution in [3.63, 3.8) is 0 Å². The number of aromatic nitrogens is 1. The molecule has 6 nitrogen and oxygen atoms in total. The number of hydrogen-bond acceptors (Lipinski definition) is 5. The normalized spacial score (nSPS) is 12.6. The van der Waals surface area contributed by atoms with E-state index in [4.69, 9.17) is 4.74 Å².